The van der Waals surface area contributed by atoms with E-state index >= 15 is 0 Å². The summed E-state index contributed by atoms with van der Waals surface area (Å²) in [5, 5.41) is 2.58. The van der Waals surface area contributed by atoms with Crippen molar-refractivity contribution in [3.05, 3.63) is 0 Å². The minimum Gasteiger partial charge on any atom is -0.461 e. The van der Waals surface area contributed by atoms with Gasteiger partial charge in [-0.15, -0.1) is 0 Å². The fourth-order valence-electron chi connectivity index (χ4n) is 2.91. The van der Waals surface area contributed by atoms with Gasteiger partial charge in [0, 0.05) is 12.7 Å². The van der Waals surface area contributed by atoms with Gasteiger partial charge in [-0.2, -0.15) is 12.6 Å². The van der Waals surface area contributed by atoms with Crippen LogP contribution in [0.5, 0.6) is 0 Å². The van der Waals surface area contributed by atoms with Crippen molar-refractivity contribution in [2.24, 2.45) is 17.8 Å². The van der Waals surface area contributed by atoms with Crippen molar-refractivity contribution in [2.45, 2.75) is 59.1 Å². The molecule has 20 heavy (non-hydrogen) atoms. The van der Waals surface area contributed by atoms with Gasteiger partial charge < -0.3 is 10.1 Å². The van der Waals surface area contributed by atoms with Crippen LogP contribution in [-0.4, -0.2) is 29.8 Å². The van der Waals surface area contributed by atoms with E-state index in [1.54, 1.807) is 0 Å². The van der Waals surface area contributed by atoms with Crippen molar-refractivity contribution in [1.29, 1.82) is 0 Å². The summed E-state index contributed by atoms with van der Waals surface area (Å²) in [6.45, 7) is 7.93. The molecule has 0 spiro atoms. The highest BCUT2D eigenvalue weighted by Gasteiger charge is 2.34. The van der Waals surface area contributed by atoms with Gasteiger partial charge in [-0.3, -0.25) is 4.79 Å². The molecule has 5 heteroatoms. The summed E-state index contributed by atoms with van der Waals surface area (Å²) in [5.41, 5.74) is 0. The summed E-state index contributed by atoms with van der Waals surface area (Å²) in [5.74, 6) is 1.15. The lowest BCUT2D eigenvalue weighted by atomic mass is 9.75. The van der Waals surface area contributed by atoms with Crippen LogP contribution >= 0.6 is 12.6 Å². The van der Waals surface area contributed by atoms with Crippen molar-refractivity contribution < 1.29 is 14.3 Å². The Kier molecular flexibility index (Phi) is 6.86. The molecule has 4 nitrogen and oxygen atoms in total. The number of thiol groups is 1. The number of esters is 1. The van der Waals surface area contributed by atoms with Gasteiger partial charge in [0.05, 0.1) is 0 Å². The average Bonchev–Trinajstić information content (AvgIpc) is 2.35. The van der Waals surface area contributed by atoms with Crippen molar-refractivity contribution in [3.8, 4) is 0 Å². The second-order valence-corrected chi connectivity index (χ2v) is 6.60. The molecule has 0 bridgehead atoms. The number of hydrogen-bond donors (Lipinski definition) is 2. The maximum Gasteiger partial charge on any atom is 0.329 e. The van der Waals surface area contributed by atoms with Crippen LogP contribution in [0.2, 0.25) is 0 Å². The topological polar surface area (TPSA) is 55.4 Å². The number of amides is 1. The van der Waals surface area contributed by atoms with Gasteiger partial charge in [0.25, 0.3) is 0 Å². The van der Waals surface area contributed by atoms with Crippen LogP contribution in [-0.2, 0) is 14.3 Å². The van der Waals surface area contributed by atoms with Gasteiger partial charge in [-0.05, 0) is 30.6 Å². The molecule has 0 radical (unpaired) electrons. The van der Waals surface area contributed by atoms with E-state index in [1.807, 2.05) is 0 Å². The zero-order valence-corrected chi connectivity index (χ0v) is 13.8. The molecule has 1 saturated carbocycles. The molecule has 1 rings (SSSR count). The van der Waals surface area contributed by atoms with Crippen molar-refractivity contribution >= 4 is 24.5 Å². The molecule has 0 aromatic carbocycles. The zero-order valence-electron chi connectivity index (χ0n) is 12.9. The first-order chi connectivity index (χ1) is 9.35. The van der Waals surface area contributed by atoms with E-state index in [1.165, 1.54) is 13.3 Å². The van der Waals surface area contributed by atoms with Crippen LogP contribution in [0.25, 0.3) is 0 Å². The molecule has 0 aromatic rings. The summed E-state index contributed by atoms with van der Waals surface area (Å²) >= 11 is 4.11. The highest BCUT2D eigenvalue weighted by Crippen LogP contribution is 2.35. The Bertz CT molecular complexity index is 346. The fourth-order valence-corrected chi connectivity index (χ4v) is 3.15. The first-order valence-electron chi connectivity index (χ1n) is 7.43. The Hall–Kier alpha value is -0.710. The highest BCUT2D eigenvalue weighted by atomic mass is 32.1. The summed E-state index contributed by atoms with van der Waals surface area (Å²) in [7, 11) is 0. The molecule has 4 unspecified atom stereocenters. The maximum atomic E-state index is 12.2. The Labute approximate surface area is 127 Å². The highest BCUT2D eigenvalue weighted by molar-refractivity contribution is 7.80. The number of hydrogen-bond acceptors (Lipinski definition) is 4. The predicted octanol–water partition coefficient (Wildman–Crippen LogP) is 2.42. The van der Waals surface area contributed by atoms with Crippen molar-refractivity contribution in [2.75, 3.05) is 5.75 Å². The fraction of sp³-hybridized carbons (Fsp3) is 0.867. The van der Waals surface area contributed by atoms with Gasteiger partial charge in [0.1, 0.15) is 12.1 Å². The van der Waals surface area contributed by atoms with E-state index in [9.17, 15) is 9.59 Å². The average molecular weight is 301 g/mol. The van der Waals surface area contributed by atoms with Crippen LogP contribution in [0.1, 0.15) is 47.0 Å². The summed E-state index contributed by atoms with van der Waals surface area (Å²) in [4.78, 5) is 23.2. The van der Waals surface area contributed by atoms with Crippen LogP contribution in [0.15, 0.2) is 0 Å². The number of rotatable bonds is 5. The second-order valence-electron chi connectivity index (χ2n) is 6.24. The molecular weight excluding hydrogens is 274 g/mol. The molecule has 1 aliphatic carbocycles. The van der Waals surface area contributed by atoms with Gasteiger partial charge in [0.2, 0.25) is 5.91 Å². The van der Waals surface area contributed by atoms with Crippen molar-refractivity contribution in [3.63, 3.8) is 0 Å². The van der Waals surface area contributed by atoms with E-state index in [0.717, 1.165) is 12.8 Å². The molecule has 1 N–H and O–H groups in total. The number of carbonyl (C=O) groups excluding carboxylic acids is 2. The molecule has 1 aliphatic rings. The molecule has 1 fully saturated rings. The largest absolute Gasteiger partial charge is 0.461 e. The zero-order chi connectivity index (χ0) is 15.3. The van der Waals surface area contributed by atoms with Gasteiger partial charge >= 0.3 is 5.97 Å². The lowest BCUT2D eigenvalue weighted by molar-refractivity contribution is -0.158. The monoisotopic (exact) mass is 301 g/mol. The first-order valence-corrected chi connectivity index (χ1v) is 8.06. The van der Waals surface area contributed by atoms with Gasteiger partial charge in [-0.1, -0.05) is 27.2 Å². The molecule has 0 aromatic heterocycles. The quantitative estimate of drug-likeness (QED) is 0.606. The minimum absolute atomic E-state index is 0.0395. The molecule has 0 heterocycles. The molecule has 116 valence electrons. The molecule has 1 amide bonds. The van der Waals surface area contributed by atoms with Gasteiger partial charge in [-0.25, -0.2) is 4.79 Å². The number of ether oxygens (including phenoxy) is 1. The standard InChI is InChI=1S/C15H27NO3S/c1-9(2)12-6-5-10(3)7-14(12)19-15(18)13(8-20)16-11(4)17/h9-10,12-14,20H,5-8H2,1-4H3,(H,16,17). The van der Waals surface area contributed by atoms with E-state index in [-0.39, 0.29) is 23.7 Å². The van der Waals surface area contributed by atoms with Gasteiger partial charge in [0.15, 0.2) is 0 Å². The lowest BCUT2D eigenvalue weighted by Crippen LogP contribution is -2.45. The maximum absolute atomic E-state index is 12.2. The summed E-state index contributed by atoms with van der Waals surface area (Å²) in [6, 6.07) is -0.652. The van der Waals surface area contributed by atoms with Crippen LogP contribution in [0, 0.1) is 17.8 Å². The Morgan fingerprint density at radius 1 is 1.35 bits per heavy atom. The van der Waals surface area contributed by atoms with Crippen LogP contribution in [0.3, 0.4) is 0 Å². The Morgan fingerprint density at radius 3 is 2.50 bits per heavy atom. The predicted molar refractivity (Wildman–Crippen MR) is 82.7 cm³/mol. The van der Waals surface area contributed by atoms with E-state index in [0.29, 0.717) is 17.8 Å². The molecule has 0 saturated heterocycles. The molecular formula is C15H27NO3S. The first kappa shape index (κ1) is 17.3. The summed E-state index contributed by atoms with van der Waals surface area (Å²) < 4.78 is 5.69. The number of nitrogens with one attached hydrogen (secondary N) is 1. The third kappa shape index (κ3) is 5.00. The molecule has 0 aliphatic heterocycles. The third-order valence-corrected chi connectivity index (χ3v) is 4.44. The Morgan fingerprint density at radius 2 is 2.00 bits per heavy atom. The second kappa shape index (κ2) is 7.91. The number of carbonyl (C=O) groups is 2. The van der Waals surface area contributed by atoms with E-state index < -0.39 is 6.04 Å². The van der Waals surface area contributed by atoms with Crippen LogP contribution < -0.4 is 5.32 Å². The van der Waals surface area contributed by atoms with E-state index in [4.69, 9.17) is 4.74 Å². The van der Waals surface area contributed by atoms with Crippen molar-refractivity contribution in [1.82, 2.24) is 5.32 Å². The Balaban J connectivity index is 2.66. The SMILES string of the molecule is CC(=O)NC(CS)C(=O)OC1CC(C)CCC1C(C)C. The summed E-state index contributed by atoms with van der Waals surface area (Å²) in [6.07, 6.45) is 3.16. The third-order valence-electron chi connectivity index (χ3n) is 4.07. The van der Waals surface area contributed by atoms with E-state index in [2.05, 4.69) is 38.7 Å². The van der Waals surface area contributed by atoms with Crippen LogP contribution in [0.4, 0.5) is 0 Å². The lowest BCUT2D eigenvalue weighted by Gasteiger charge is -2.37. The smallest absolute Gasteiger partial charge is 0.329 e. The molecule has 4 atom stereocenters. The normalized spacial score (nSPS) is 28.0. The minimum atomic E-state index is -0.652.